The number of alkyl halides is 1. The van der Waals surface area contributed by atoms with Crippen molar-refractivity contribution in [1.82, 2.24) is 0 Å². The van der Waals surface area contributed by atoms with Crippen LogP contribution in [-0.4, -0.2) is 17.4 Å². The van der Waals surface area contributed by atoms with Crippen LogP contribution in [0.2, 0.25) is 0 Å². The highest BCUT2D eigenvalue weighted by Crippen LogP contribution is 2.20. The van der Waals surface area contributed by atoms with Gasteiger partial charge in [-0.15, -0.1) is 11.6 Å². The molecule has 1 amide bonds. The zero-order chi connectivity index (χ0) is 14.4. The number of carbonyl (C=O) groups is 1. The van der Waals surface area contributed by atoms with Crippen LogP contribution in [0.15, 0.2) is 60.7 Å². The number of nitrogens with one attached hydrogen (secondary N) is 1. The van der Waals surface area contributed by atoms with Gasteiger partial charge in [-0.3, -0.25) is 4.79 Å². The van der Waals surface area contributed by atoms with E-state index >= 15 is 0 Å². The first kappa shape index (κ1) is 14.4. The molecule has 0 aliphatic carbocycles. The summed E-state index contributed by atoms with van der Waals surface area (Å²) in [5.41, 5.74) is 0.712. The first-order chi connectivity index (χ1) is 9.58. The largest absolute Gasteiger partial charge is 0.491 e. The zero-order valence-corrected chi connectivity index (χ0v) is 11.9. The predicted octanol–water partition coefficient (Wildman–Crippen LogP) is 3.70. The molecule has 3 nitrogen and oxygen atoms in total. The molecule has 0 bridgehead atoms. The number of rotatable bonds is 5. The van der Waals surface area contributed by atoms with Gasteiger partial charge >= 0.3 is 0 Å². The summed E-state index contributed by atoms with van der Waals surface area (Å²) in [6, 6.07) is 18.5. The van der Waals surface area contributed by atoms with Crippen molar-refractivity contribution in [2.75, 3.05) is 11.9 Å². The number of anilines is 1. The second kappa shape index (κ2) is 6.44. The standard InChI is InChI=1S/C16H16ClNO2/c1-16(17,12-20-14-10-6-3-7-11-14)15(19)18-13-8-4-2-5-9-13/h2-11H,12H2,1H3,(H,18,19). The van der Waals surface area contributed by atoms with E-state index in [4.69, 9.17) is 16.3 Å². The Hall–Kier alpha value is -2.00. The maximum Gasteiger partial charge on any atom is 0.248 e. The fraction of sp³-hybridized carbons (Fsp3) is 0.188. The van der Waals surface area contributed by atoms with Gasteiger partial charge in [-0.05, 0) is 31.2 Å². The van der Waals surface area contributed by atoms with E-state index in [-0.39, 0.29) is 12.5 Å². The number of hydrogen-bond acceptors (Lipinski definition) is 2. The first-order valence-electron chi connectivity index (χ1n) is 6.31. The van der Waals surface area contributed by atoms with Crippen LogP contribution in [0.4, 0.5) is 5.69 Å². The predicted molar refractivity (Wildman–Crippen MR) is 81.3 cm³/mol. The highest BCUT2D eigenvalue weighted by atomic mass is 35.5. The lowest BCUT2D eigenvalue weighted by Crippen LogP contribution is -2.40. The Morgan fingerprint density at radius 3 is 2.25 bits per heavy atom. The monoisotopic (exact) mass is 289 g/mol. The fourth-order valence-electron chi connectivity index (χ4n) is 1.58. The lowest BCUT2D eigenvalue weighted by molar-refractivity contribution is -0.119. The van der Waals surface area contributed by atoms with Crippen molar-refractivity contribution in [2.45, 2.75) is 11.8 Å². The molecule has 0 fully saturated rings. The van der Waals surface area contributed by atoms with Crippen LogP contribution in [-0.2, 0) is 4.79 Å². The minimum Gasteiger partial charge on any atom is -0.491 e. The smallest absolute Gasteiger partial charge is 0.248 e. The molecule has 20 heavy (non-hydrogen) atoms. The molecular formula is C16H16ClNO2. The van der Waals surface area contributed by atoms with Crippen LogP contribution in [0.3, 0.4) is 0 Å². The van der Waals surface area contributed by atoms with E-state index in [9.17, 15) is 4.79 Å². The van der Waals surface area contributed by atoms with Gasteiger partial charge in [0.1, 0.15) is 12.4 Å². The fourth-order valence-corrected chi connectivity index (χ4v) is 1.69. The van der Waals surface area contributed by atoms with Crippen LogP contribution in [0.5, 0.6) is 5.75 Å². The van der Waals surface area contributed by atoms with Gasteiger partial charge in [0.2, 0.25) is 5.91 Å². The van der Waals surface area contributed by atoms with E-state index in [2.05, 4.69) is 5.32 Å². The van der Waals surface area contributed by atoms with E-state index in [1.54, 1.807) is 6.92 Å². The van der Waals surface area contributed by atoms with Crippen molar-refractivity contribution in [1.29, 1.82) is 0 Å². The summed E-state index contributed by atoms with van der Waals surface area (Å²) in [6.45, 7) is 1.73. The Morgan fingerprint density at radius 1 is 1.10 bits per heavy atom. The van der Waals surface area contributed by atoms with Crippen molar-refractivity contribution in [3.63, 3.8) is 0 Å². The molecule has 1 unspecified atom stereocenters. The summed E-state index contributed by atoms with van der Waals surface area (Å²) < 4.78 is 5.54. The normalized spacial score (nSPS) is 13.3. The van der Waals surface area contributed by atoms with E-state index in [1.807, 2.05) is 60.7 Å². The maximum absolute atomic E-state index is 12.1. The molecule has 0 saturated carbocycles. The summed E-state index contributed by atoms with van der Waals surface area (Å²) in [7, 11) is 0. The van der Waals surface area contributed by atoms with Crippen LogP contribution < -0.4 is 10.1 Å². The van der Waals surface area contributed by atoms with E-state index in [0.29, 0.717) is 11.4 Å². The summed E-state index contributed by atoms with van der Waals surface area (Å²) in [4.78, 5) is 11.0. The van der Waals surface area contributed by atoms with Crippen molar-refractivity contribution < 1.29 is 9.53 Å². The number of amides is 1. The van der Waals surface area contributed by atoms with Crippen LogP contribution in [0.25, 0.3) is 0 Å². The minimum absolute atomic E-state index is 0.0945. The summed E-state index contributed by atoms with van der Waals surface area (Å²) >= 11 is 6.25. The maximum atomic E-state index is 12.1. The third-order valence-electron chi connectivity index (χ3n) is 2.76. The Morgan fingerprint density at radius 2 is 1.65 bits per heavy atom. The molecule has 0 saturated heterocycles. The summed E-state index contributed by atoms with van der Waals surface area (Å²) in [6.07, 6.45) is 0. The van der Waals surface area contributed by atoms with Crippen LogP contribution in [0, 0.1) is 0 Å². The molecule has 2 rings (SSSR count). The molecule has 0 aliphatic heterocycles. The van der Waals surface area contributed by atoms with Gasteiger partial charge in [0.05, 0.1) is 0 Å². The highest BCUT2D eigenvalue weighted by Gasteiger charge is 2.31. The second-order valence-corrected chi connectivity index (χ2v) is 5.45. The van der Waals surface area contributed by atoms with Gasteiger partial charge < -0.3 is 10.1 Å². The second-order valence-electron chi connectivity index (χ2n) is 4.62. The number of hydrogen-bond donors (Lipinski definition) is 1. The van der Waals surface area contributed by atoms with Crippen molar-refractivity contribution in [3.8, 4) is 5.75 Å². The molecular weight excluding hydrogens is 274 g/mol. The summed E-state index contributed by atoms with van der Waals surface area (Å²) in [5, 5.41) is 2.77. The SMILES string of the molecule is CC(Cl)(COc1ccccc1)C(=O)Nc1ccccc1. The molecule has 2 aromatic rings. The minimum atomic E-state index is -1.13. The number of ether oxygens (including phenoxy) is 1. The average molecular weight is 290 g/mol. The quantitative estimate of drug-likeness (QED) is 0.852. The van der Waals surface area contributed by atoms with Crippen LogP contribution in [0.1, 0.15) is 6.92 Å². The van der Waals surface area contributed by atoms with Crippen LogP contribution >= 0.6 is 11.6 Å². The molecule has 2 aromatic carbocycles. The molecule has 1 atom stereocenters. The molecule has 0 aliphatic rings. The molecule has 0 aromatic heterocycles. The van der Waals surface area contributed by atoms with Gasteiger partial charge in [-0.1, -0.05) is 36.4 Å². The van der Waals surface area contributed by atoms with E-state index in [0.717, 1.165) is 0 Å². The summed E-state index contributed by atoms with van der Waals surface area (Å²) in [5.74, 6) is 0.396. The van der Waals surface area contributed by atoms with Gasteiger partial charge in [0.25, 0.3) is 0 Å². The molecule has 0 radical (unpaired) electrons. The van der Waals surface area contributed by atoms with Crippen molar-refractivity contribution in [3.05, 3.63) is 60.7 Å². The lowest BCUT2D eigenvalue weighted by Gasteiger charge is -2.21. The number of carbonyl (C=O) groups excluding carboxylic acids is 1. The topological polar surface area (TPSA) is 38.3 Å². The number of benzene rings is 2. The lowest BCUT2D eigenvalue weighted by atomic mass is 10.1. The van der Waals surface area contributed by atoms with Gasteiger partial charge in [0.15, 0.2) is 4.87 Å². The van der Waals surface area contributed by atoms with Gasteiger partial charge in [-0.2, -0.15) is 0 Å². The molecule has 0 heterocycles. The Balaban J connectivity index is 1.94. The number of para-hydroxylation sites is 2. The molecule has 0 spiro atoms. The Bertz CT molecular complexity index is 555. The van der Waals surface area contributed by atoms with Crippen molar-refractivity contribution in [2.24, 2.45) is 0 Å². The van der Waals surface area contributed by atoms with Crippen molar-refractivity contribution >= 4 is 23.2 Å². The van der Waals surface area contributed by atoms with E-state index < -0.39 is 4.87 Å². The van der Waals surface area contributed by atoms with E-state index in [1.165, 1.54) is 0 Å². The Kier molecular flexibility index (Phi) is 4.64. The molecule has 4 heteroatoms. The average Bonchev–Trinajstić information content (AvgIpc) is 2.47. The molecule has 1 N–H and O–H groups in total. The zero-order valence-electron chi connectivity index (χ0n) is 11.2. The van der Waals surface area contributed by atoms with Gasteiger partial charge in [-0.25, -0.2) is 0 Å². The molecule has 104 valence electrons. The highest BCUT2D eigenvalue weighted by molar-refractivity contribution is 6.36. The van der Waals surface area contributed by atoms with Gasteiger partial charge in [0, 0.05) is 5.69 Å². The number of halogens is 1. The third-order valence-corrected chi connectivity index (χ3v) is 3.04. The third kappa shape index (κ3) is 4.00. The Labute approximate surface area is 123 Å². The first-order valence-corrected chi connectivity index (χ1v) is 6.69.